The number of benzene rings is 1. The van der Waals surface area contributed by atoms with E-state index in [0.29, 0.717) is 56.2 Å². The van der Waals surface area contributed by atoms with Gasteiger partial charge in [-0.1, -0.05) is 11.6 Å². The Hall–Kier alpha value is -1.77. The molecular weight excluding hydrogens is 417 g/mol. The maximum Gasteiger partial charge on any atom is 0.272 e. The van der Waals surface area contributed by atoms with E-state index in [0.717, 1.165) is 16.7 Å². The molecule has 3 aliphatic heterocycles. The van der Waals surface area contributed by atoms with Crippen molar-refractivity contribution in [2.45, 2.75) is 25.2 Å². The van der Waals surface area contributed by atoms with Crippen LogP contribution in [-0.2, 0) is 14.8 Å². The van der Waals surface area contributed by atoms with Crippen molar-refractivity contribution in [1.29, 1.82) is 0 Å². The summed E-state index contributed by atoms with van der Waals surface area (Å²) in [5.74, 6) is -0.345. The number of carbonyl (C=O) groups is 1. The van der Waals surface area contributed by atoms with Crippen molar-refractivity contribution < 1.29 is 17.6 Å². The number of hydrogen-bond donors (Lipinski definition) is 0. The van der Waals surface area contributed by atoms with E-state index in [4.69, 9.17) is 11.6 Å². The third-order valence-corrected chi connectivity index (χ3v) is 7.58. The van der Waals surface area contributed by atoms with E-state index < -0.39 is 10.0 Å². The molecule has 0 aromatic heterocycles. The van der Waals surface area contributed by atoms with Crippen LogP contribution in [0.4, 0.5) is 4.39 Å². The molecule has 0 saturated carbocycles. The van der Waals surface area contributed by atoms with Crippen LogP contribution in [0.15, 0.2) is 34.3 Å². The monoisotopic (exact) mass is 439 g/mol. The summed E-state index contributed by atoms with van der Waals surface area (Å²) >= 11 is 6.23. The van der Waals surface area contributed by atoms with Crippen LogP contribution in [0.1, 0.15) is 30.7 Å². The summed E-state index contributed by atoms with van der Waals surface area (Å²) < 4.78 is 38.8. The Morgan fingerprint density at radius 3 is 2.66 bits per heavy atom. The minimum Gasteiger partial charge on any atom is -0.337 e. The number of carbonyl (C=O) groups excluding carboxylic acids is 1. The van der Waals surface area contributed by atoms with Gasteiger partial charge in [-0.05, 0) is 60.1 Å². The molecule has 29 heavy (non-hydrogen) atoms. The van der Waals surface area contributed by atoms with Crippen LogP contribution in [0.2, 0.25) is 5.02 Å². The summed E-state index contributed by atoms with van der Waals surface area (Å²) in [6.45, 7) is 2.20. The van der Waals surface area contributed by atoms with E-state index in [2.05, 4.69) is 4.99 Å². The molecule has 3 aliphatic rings. The Morgan fingerprint density at radius 1 is 1.24 bits per heavy atom. The highest BCUT2D eigenvalue weighted by atomic mass is 35.5. The number of piperidine rings is 1. The van der Waals surface area contributed by atoms with Gasteiger partial charge >= 0.3 is 0 Å². The average Bonchev–Trinajstić information content (AvgIpc) is 3.12. The van der Waals surface area contributed by atoms with Gasteiger partial charge in [0.2, 0.25) is 10.0 Å². The number of aliphatic imine (C=N–C) groups is 1. The van der Waals surface area contributed by atoms with Crippen molar-refractivity contribution in [2.24, 2.45) is 4.99 Å². The van der Waals surface area contributed by atoms with Crippen molar-refractivity contribution in [3.8, 4) is 0 Å². The lowest BCUT2D eigenvalue weighted by molar-refractivity contribution is -0.125. The van der Waals surface area contributed by atoms with Gasteiger partial charge in [-0.2, -0.15) is 4.31 Å². The zero-order chi connectivity index (χ0) is 20.8. The first-order valence-electron chi connectivity index (χ1n) is 9.69. The third kappa shape index (κ3) is 4.11. The van der Waals surface area contributed by atoms with Gasteiger partial charge in [0.05, 0.1) is 12.8 Å². The van der Waals surface area contributed by atoms with Crippen molar-refractivity contribution in [3.05, 3.63) is 45.7 Å². The third-order valence-electron chi connectivity index (χ3n) is 5.99. The highest BCUT2D eigenvalue weighted by molar-refractivity contribution is 7.88. The smallest absolute Gasteiger partial charge is 0.272 e. The lowest BCUT2D eigenvalue weighted by Crippen LogP contribution is -2.44. The Labute approximate surface area is 175 Å². The summed E-state index contributed by atoms with van der Waals surface area (Å²) in [6, 6.07) is 4.39. The maximum absolute atomic E-state index is 13.6. The molecule has 0 N–H and O–H groups in total. The lowest BCUT2D eigenvalue weighted by atomic mass is 9.89. The van der Waals surface area contributed by atoms with Gasteiger partial charge in [0.15, 0.2) is 0 Å². The standard InChI is InChI=1S/C20H23ClFN3O3S/c1-29(27,28)25-9-6-14-11-23-19(17(14)12-25)20(26)24-7-4-13(5-8-24)16-10-15(22)2-3-18(16)21/h2-3,10,13H,4-9,11-12H2,1H3. The number of halogens is 2. The first-order valence-corrected chi connectivity index (χ1v) is 11.9. The van der Waals surface area contributed by atoms with Gasteiger partial charge in [-0.3, -0.25) is 9.79 Å². The largest absolute Gasteiger partial charge is 0.337 e. The van der Waals surface area contributed by atoms with E-state index in [-0.39, 0.29) is 24.2 Å². The highest BCUT2D eigenvalue weighted by Crippen LogP contribution is 2.34. The fourth-order valence-electron chi connectivity index (χ4n) is 4.32. The normalized spacial score (nSPS) is 21.3. The second kappa shape index (κ2) is 7.81. The second-order valence-electron chi connectivity index (χ2n) is 7.83. The molecule has 1 aromatic carbocycles. The minimum absolute atomic E-state index is 0.109. The molecule has 9 heteroatoms. The number of rotatable bonds is 3. The van der Waals surface area contributed by atoms with E-state index in [1.807, 2.05) is 0 Å². The first-order chi connectivity index (χ1) is 13.7. The van der Waals surface area contributed by atoms with Gasteiger partial charge < -0.3 is 4.90 Å². The molecule has 3 heterocycles. The Kier molecular flexibility index (Phi) is 5.52. The summed E-state index contributed by atoms with van der Waals surface area (Å²) in [6.07, 6.45) is 3.20. The van der Waals surface area contributed by atoms with Crippen LogP contribution in [-0.4, -0.2) is 68.2 Å². The van der Waals surface area contributed by atoms with Crippen molar-refractivity contribution in [1.82, 2.24) is 9.21 Å². The molecular formula is C20H23ClFN3O3S. The maximum atomic E-state index is 13.6. The lowest BCUT2D eigenvalue weighted by Gasteiger charge is -2.33. The number of hydrogen-bond acceptors (Lipinski definition) is 4. The summed E-state index contributed by atoms with van der Waals surface area (Å²) in [7, 11) is -3.31. The molecule has 0 unspecified atom stereocenters. The number of amides is 1. The second-order valence-corrected chi connectivity index (χ2v) is 10.2. The summed E-state index contributed by atoms with van der Waals surface area (Å²) in [5, 5.41) is 0.550. The SMILES string of the molecule is CS(=O)(=O)N1CCC2=C(C1)C(C(=O)N1CCC(c3cc(F)ccc3Cl)CC1)=NC2. The van der Waals surface area contributed by atoms with E-state index in [1.54, 1.807) is 11.0 Å². The molecule has 0 spiro atoms. The Morgan fingerprint density at radius 2 is 1.97 bits per heavy atom. The fourth-order valence-corrected chi connectivity index (χ4v) is 5.37. The van der Waals surface area contributed by atoms with Gasteiger partial charge in [0.25, 0.3) is 5.91 Å². The molecule has 1 amide bonds. The van der Waals surface area contributed by atoms with E-state index in [9.17, 15) is 17.6 Å². The highest BCUT2D eigenvalue weighted by Gasteiger charge is 2.35. The zero-order valence-electron chi connectivity index (χ0n) is 16.2. The fraction of sp³-hybridized carbons (Fsp3) is 0.500. The quantitative estimate of drug-likeness (QED) is 0.726. The van der Waals surface area contributed by atoms with Crippen LogP contribution in [0, 0.1) is 5.82 Å². The minimum atomic E-state index is -3.31. The molecule has 1 fully saturated rings. The Bertz CT molecular complexity index is 1010. The van der Waals surface area contributed by atoms with Crippen LogP contribution < -0.4 is 0 Å². The molecule has 0 bridgehead atoms. The molecule has 4 rings (SSSR count). The number of sulfonamides is 1. The van der Waals surface area contributed by atoms with Crippen LogP contribution in [0.25, 0.3) is 0 Å². The molecule has 0 radical (unpaired) electrons. The van der Waals surface area contributed by atoms with Crippen molar-refractivity contribution in [3.63, 3.8) is 0 Å². The molecule has 156 valence electrons. The number of likely N-dealkylation sites (tertiary alicyclic amines) is 1. The molecule has 1 aromatic rings. The molecule has 0 aliphatic carbocycles. The molecule has 0 atom stereocenters. The van der Waals surface area contributed by atoms with Crippen LogP contribution in [0.5, 0.6) is 0 Å². The van der Waals surface area contributed by atoms with Gasteiger partial charge in [0.1, 0.15) is 11.5 Å². The average molecular weight is 440 g/mol. The summed E-state index contributed by atoms with van der Waals surface area (Å²) in [4.78, 5) is 19.3. The van der Waals surface area contributed by atoms with E-state index in [1.165, 1.54) is 22.7 Å². The topological polar surface area (TPSA) is 70.1 Å². The van der Waals surface area contributed by atoms with Gasteiger partial charge in [0, 0.05) is 31.2 Å². The molecule has 6 nitrogen and oxygen atoms in total. The predicted octanol–water partition coefficient (Wildman–Crippen LogP) is 2.60. The Balaban J connectivity index is 1.44. The van der Waals surface area contributed by atoms with Crippen molar-refractivity contribution >= 4 is 33.2 Å². The van der Waals surface area contributed by atoms with E-state index >= 15 is 0 Å². The zero-order valence-corrected chi connectivity index (χ0v) is 17.8. The van der Waals surface area contributed by atoms with Crippen molar-refractivity contribution in [2.75, 3.05) is 39.0 Å². The van der Waals surface area contributed by atoms with Gasteiger partial charge in [-0.15, -0.1) is 0 Å². The molecule has 1 saturated heterocycles. The predicted molar refractivity (Wildman–Crippen MR) is 110 cm³/mol. The number of nitrogens with zero attached hydrogens (tertiary/aromatic N) is 3. The summed E-state index contributed by atoms with van der Waals surface area (Å²) in [5.41, 5.74) is 3.02. The van der Waals surface area contributed by atoms with Gasteiger partial charge in [-0.25, -0.2) is 12.8 Å². The van der Waals surface area contributed by atoms with Crippen LogP contribution in [0.3, 0.4) is 0 Å². The first kappa shape index (κ1) is 20.5. The van der Waals surface area contributed by atoms with Crippen LogP contribution >= 0.6 is 11.6 Å².